The zero-order valence-electron chi connectivity index (χ0n) is 26.6. The van der Waals surface area contributed by atoms with Crippen LogP contribution in [0.25, 0.3) is 0 Å². The SMILES string of the molecule is C=C/C=C\[C@H](C)C(OC(N)=O)C(C)C(O)C(C)C/C(C)=C\C(C)C(O)C(C)/C=C\C(O)CC(=O)CCCC(=O)OCC. The standard InChI is InChI=1S/C33H55NO8/c1-9-11-13-23(5)32(42-33(34)40)26(8)31(39)25(7)19-21(3)18-24(6)30(38)22(4)16-17-28(36)20-27(35)14-12-15-29(37)41-10-2/h9,11,13,16-18,22-26,28,30-32,36,38-39H,1,10,12,14-15,19-20H2,2-8H3,(H2,34,40)/b13-11-,17-16-,21-18-/t22?,23-,24?,25?,26?,28?,30?,31?,32?/m0/s1. The molecule has 8 unspecified atom stereocenters. The quantitative estimate of drug-likeness (QED) is 0.0819. The van der Waals surface area contributed by atoms with E-state index < -0.39 is 30.5 Å². The van der Waals surface area contributed by atoms with Crippen LogP contribution in [-0.2, 0) is 19.1 Å². The maximum atomic E-state index is 12.1. The van der Waals surface area contributed by atoms with E-state index in [1.54, 1.807) is 25.2 Å². The minimum absolute atomic E-state index is 0.0516. The fourth-order valence-corrected chi connectivity index (χ4v) is 5.11. The number of esters is 1. The molecule has 0 saturated heterocycles. The molecule has 0 aliphatic carbocycles. The van der Waals surface area contributed by atoms with Crippen molar-refractivity contribution in [1.82, 2.24) is 0 Å². The zero-order chi connectivity index (χ0) is 32.4. The van der Waals surface area contributed by atoms with Crippen molar-refractivity contribution >= 4 is 17.8 Å². The topological polar surface area (TPSA) is 156 Å². The number of hydrogen-bond donors (Lipinski definition) is 4. The van der Waals surface area contributed by atoms with Crippen molar-refractivity contribution < 1.29 is 39.2 Å². The third kappa shape index (κ3) is 16.0. The number of amides is 1. The highest BCUT2D eigenvalue weighted by molar-refractivity contribution is 5.79. The summed E-state index contributed by atoms with van der Waals surface area (Å²) in [5.74, 6) is -1.68. The van der Waals surface area contributed by atoms with Gasteiger partial charge in [0.25, 0.3) is 0 Å². The molecule has 1 amide bonds. The van der Waals surface area contributed by atoms with E-state index in [1.165, 1.54) is 6.08 Å². The second kappa shape index (κ2) is 21.0. The predicted octanol–water partition coefficient (Wildman–Crippen LogP) is 5.04. The van der Waals surface area contributed by atoms with E-state index in [1.807, 2.05) is 53.7 Å². The Morgan fingerprint density at radius 2 is 1.52 bits per heavy atom. The van der Waals surface area contributed by atoms with Crippen LogP contribution < -0.4 is 5.73 Å². The molecule has 5 N–H and O–H groups in total. The minimum Gasteiger partial charge on any atom is -0.466 e. The van der Waals surface area contributed by atoms with Gasteiger partial charge in [-0.1, -0.05) is 83.2 Å². The highest BCUT2D eigenvalue weighted by Gasteiger charge is 2.33. The maximum absolute atomic E-state index is 12.1. The number of Topliss-reactive ketones (excluding diaryl/α,β-unsaturated/α-hetero) is 1. The molecule has 0 aromatic rings. The predicted molar refractivity (Wildman–Crippen MR) is 165 cm³/mol. The smallest absolute Gasteiger partial charge is 0.404 e. The minimum atomic E-state index is -0.969. The number of nitrogens with two attached hydrogens (primary N) is 1. The van der Waals surface area contributed by atoms with Crippen molar-refractivity contribution in [2.45, 2.75) is 105 Å². The number of ketones is 1. The molecule has 0 aliphatic heterocycles. The van der Waals surface area contributed by atoms with Gasteiger partial charge in [0.2, 0.25) is 0 Å². The van der Waals surface area contributed by atoms with Gasteiger partial charge in [-0.15, -0.1) is 0 Å². The summed E-state index contributed by atoms with van der Waals surface area (Å²) in [7, 11) is 0. The Kier molecular flexibility index (Phi) is 19.6. The average Bonchev–Trinajstić information content (AvgIpc) is 2.91. The number of carbonyl (C=O) groups excluding carboxylic acids is 3. The zero-order valence-corrected chi connectivity index (χ0v) is 26.6. The van der Waals surface area contributed by atoms with Gasteiger partial charge < -0.3 is 30.5 Å². The Labute approximate surface area is 252 Å². The van der Waals surface area contributed by atoms with E-state index in [-0.39, 0.29) is 60.6 Å². The lowest BCUT2D eigenvalue weighted by Crippen LogP contribution is -2.41. The van der Waals surface area contributed by atoms with Gasteiger partial charge in [-0.3, -0.25) is 9.59 Å². The van der Waals surface area contributed by atoms with Gasteiger partial charge in [-0.25, -0.2) is 4.79 Å². The Hall–Kier alpha value is -2.75. The van der Waals surface area contributed by atoms with Crippen molar-refractivity contribution in [3.63, 3.8) is 0 Å². The van der Waals surface area contributed by atoms with Crippen molar-refractivity contribution in [1.29, 1.82) is 0 Å². The number of carbonyl (C=O) groups is 3. The van der Waals surface area contributed by atoms with E-state index in [4.69, 9.17) is 15.2 Å². The normalized spacial score (nSPS) is 18.9. The third-order valence-electron chi connectivity index (χ3n) is 7.45. The van der Waals surface area contributed by atoms with E-state index in [0.29, 0.717) is 19.4 Å². The molecule has 0 aromatic carbocycles. The van der Waals surface area contributed by atoms with Gasteiger partial charge in [-0.2, -0.15) is 0 Å². The van der Waals surface area contributed by atoms with Crippen LogP contribution in [0.2, 0.25) is 0 Å². The van der Waals surface area contributed by atoms with Gasteiger partial charge in [-0.05, 0) is 32.6 Å². The molecule has 0 heterocycles. The summed E-state index contributed by atoms with van der Waals surface area (Å²) in [6.07, 6.45) is 7.75. The second-order valence-electron chi connectivity index (χ2n) is 11.5. The highest BCUT2D eigenvalue weighted by atomic mass is 16.6. The fraction of sp³-hybridized carbons (Fsp3) is 0.667. The molecule has 0 aliphatic rings. The van der Waals surface area contributed by atoms with Crippen LogP contribution in [0.3, 0.4) is 0 Å². The van der Waals surface area contributed by atoms with Crippen LogP contribution in [0.1, 0.15) is 80.6 Å². The molecule has 0 aromatic heterocycles. The lowest BCUT2D eigenvalue weighted by atomic mass is 9.81. The molecule has 9 nitrogen and oxygen atoms in total. The molecule has 42 heavy (non-hydrogen) atoms. The Bertz CT molecular complexity index is 927. The van der Waals surface area contributed by atoms with Crippen LogP contribution in [0.4, 0.5) is 4.79 Å². The van der Waals surface area contributed by atoms with Crippen LogP contribution in [0.5, 0.6) is 0 Å². The fourth-order valence-electron chi connectivity index (χ4n) is 5.11. The molecular weight excluding hydrogens is 538 g/mol. The Morgan fingerprint density at radius 3 is 2.10 bits per heavy atom. The monoisotopic (exact) mass is 593 g/mol. The van der Waals surface area contributed by atoms with Crippen molar-refractivity contribution in [3.8, 4) is 0 Å². The van der Waals surface area contributed by atoms with Gasteiger partial charge in [0, 0.05) is 42.9 Å². The largest absolute Gasteiger partial charge is 0.466 e. The summed E-state index contributed by atoms with van der Waals surface area (Å²) >= 11 is 0. The lowest BCUT2D eigenvalue weighted by molar-refractivity contribution is -0.143. The van der Waals surface area contributed by atoms with E-state index in [9.17, 15) is 29.7 Å². The molecule has 9 heteroatoms. The summed E-state index contributed by atoms with van der Waals surface area (Å²) in [4.78, 5) is 35.0. The first-order valence-corrected chi connectivity index (χ1v) is 15.0. The van der Waals surface area contributed by atoms with Crippen molar-refractivity contribution in [2.24, 2.45) is 35.3 Å². The average molecular weight is 594 g/mol. The number of aliphatic hydroxyl groups excluding tert-OH is 3. The van der Waals surface area contributed by atoms with Crippen LogP contribution in [0, 0.1) is 29.6 Å². The summed E-state index contributed by atoms with van der Waals surface area (Å²) in [6.45, 7) is 17.0. The van der Waals surface area contributed by atoms with Gasteiger partial charge >= 0.3 is 12.1 Å². The first kappa shape index (κ1) is 39.2. The second-order valence-corrected chi connectivity index (χ2v) is 11.5. The van der Waals surface area contributed by atoms with Gasteiger partial charge in [0.05, 0.1) is 24.9 Å². The summed E-state index contributed by atoms with van der Waals surface area (Å²) in [5.41, 5.74) is 6.29. The molecule has 0 radical (unpaired) electrons. The third-order valence-corrected chi connectivity index (χ3v) is 7.45. The van der Waals surface area contributed by atoms with Crippen molar-refractivity contribution in [2.75, 3.05) is 6.61 Å². The highest BCUT2D eigenvalue weighted by Crippen LogP contribution is 2.29. The van der Waals surface area contributed by atoms with E-state index in [0.717, 1.165) is 5.57 Å². The van der Waals surface area contributed by atoms with Gasteiger partial charge in [0.15, 0.2) is 0 Å². The molecule has 0 bridgehead atoms. The molecule has 0 saturated carbocycles. The summed E-state index contributed by atoms with van der Waals surface area (Å²) in [6, 6.07) is 0. The number of ether oxygens (including phenoxy) is 2. The number of hydrogen-bond acceptors (Lipinski definition) is 8. The van der Waals surface area contributed by atoms with Gasteiger partial charge in [0.1, 0.15) is 11.9 Å². The van der Waals surface area contributed by atoms with Crippen LogP contribution in [0.15, 0.2) is 48.6 Å². The Balaban J connectivity index is 5.02. The number of primary amides is 1. The molecule has 0 spiro atoms. The van der Waals surface area contributed by atoms with E-state index in [2.05, 4.69) is 6.58 Å². The van der Waals surface area contributed by atoms with Crippen LogP contribution >= 0.6 is 0 Å². The first-order chi connectivity index (χ1) is 19.6. The Morgan fingerprint density at radius 1 is 0.881 bits per heavy atom. The summed E-state index contributed by atoms with van der Waals surface area (Å²) < 4.78 is 10.2. The van der Waals surface area contributed by atoms with Crippen molar-refractivity contribution in [3.05, 3.63) is 48.6 Å². The lowest BCUT2D eigenvalue weighted by Gasteiger charge is -2.33. The molecule has 0 rings (SSSR count). The maximum Gasteiger partial charge on any atom is 0.404 e. The summed E-state index contributed by atoms with van der Waals surface area (Å²) in [5, 5.41) is 32.2. The van der Waals surface area contributed by atoms with E-state index >= 15 is 0 Å². The molecule has 9 atom stereocenters. The molecular formula is C33H55NO8. The number of aliphatic hydroxyl groups is 3. The molecule has 0 fully saturated rings. The molecule has 240 valence electrons. The number of rotatable bonds is 21. The number of allylic oxidation sites excluding steroid dienone is 3. The van der Waals surface area contributed by atoms with Crippen LogP contribution in [-0.4, -0.2) is 64.2 Å². The first-order valence-electron chi connectivity index (χ1n) is 15.0.